The van der Waals surface area contributed by atoms with Gasteiger partial charge in [0.1, 0.15) is 11.5 Å². The molecule has 0 aliphatic carbocycles. The highest BCUT2D eigenvalue weighted by Crippen LogP contribution is 2.32. The molecule has 1 unspecified atom stereocenters. The molecule has 0 N–H and O–H groups in total. The summed E-state index contributed by atoms with van der Waals surface area (Å²) in [6, 6.07) is 11.2. The van der Waals surface area contributed by atoms with E-state index < -0.39 is 18.0 Å². The van der Waals surface area contributed by atoms with Crippen LogP contribution in [0.3, 0.4) is 0 Å². The van der Waals surface area contributed by atoms with Crippen molar-refractivity contribution in [2.24, 2.45) is 0 Å². The van der Waals surface area contributed by atoms with Crippen LogP contribution in [-0.2, 0) is 17.5 Å². The van der Waals surface area contributed by atoms with Gasteiger partial charge in [0, 0.05) is 12.2 Å². The Morgan fingerprint density at radius 3 is 2.64 bits per heavy atom. The molecule has 0 amide bonds. The Balaban J connectivity index is 1.52. The van der Waals surface area contributed by atoms with Gasteiger partial charge in [0.05, 0.1) is 24.9 Å². The Labute approximate surface area is 158 Å². The number of hydrogen-bond acceptors (Lipinski definition) is 4. The quantitative estimate of drug-likeness (QED) is 0.629. The van der Waals surface area contributed by atoms with Gasteiger partial charge in [-0.1, -0.05) is 17.3 Å². The number of nitrogens with zero attached hydrogens (tertiary/aromatic N) is 4. The highest BCUT2D eigenvalue weighted by atomic mass is 19.4. The molecule has 1 aliphatic rings. The van der Waals surface area contributed by atoms with E-state index in [1.807, 2.05) is 4.90 Å². The molecule has 0 radical (unpaired) electrons. The predicted octanol–water partition coefficient (Wildman–Crippen LogP) is 4.02. The fraction of sp³-hybridized carbons (Fsp3) is 0.263. The number of rotatable bonds is 4. The molecule has 2 heterocycles. The monoisotopic (exact) mass is 392 g/mol. The first-order valence-corrected chi connectivity index (χ1v) is 8.60. The molecule has 9 heteroatoms. The Morgan fingerprint density at radius 1 is 1.11 bits per heavy atom. The average molecular weight is 392 g/mol. The summed E-state index contributed by atoms with van der Waals surface area (Å²) in [6.07, 6.45) is -3.23. The Kier molecular flexibility index (Phi) is 4.76. The third-order valence-corrected chi connectivity index (χ3v) is 4.46. The first-order valence-electron chi connectivity index (χ1n) is 8.60. The van der Waals surface area contributed by atoms with E-state index in [4.69, 9.17) is 4.74 Å². The number of hydrogen-bond donors (Lipinski definition) is 0. The average Bonchev–Trinajstić information content (AvgIpc) is 3.31. The Hall–Kier alpha value is -2.94. The van der Waals surface area contributed by atoms with Crippen LogP contribution in [0.1, 0.15) is 23.0 Å². The molecule has 3 aromatic rings. The second-order valence-electron chi connectivity index (χ2n) is 6.43. The van der Waals surface area contributed by atoms with Gasteiger partial charge in [0.15, 0.2) is 6.23 Å². The molecule has 4 rings (SSSR count). The minimum atomic E-state index is -4.39. The molecule has 1 aromatic heterocycles. The van der Waals surface area contributed by atoms with Gasteiger partial charge in [0.25, 0.3) is 0 Å². The molecule has 146 valence electrons. The van der Waals surface area contributed by atoms with Crippen molar-refractivity contribution >= 4 is 5.69 Å². The van der Waals surface area contributed by atoms with E-state index in [1.165, 1.54) is 22.9 Å². The fourth-order valence-corrected chi connectivity index (χ4v) is 3.15. The molecule has 1 saturated heterocycles. The molecule has 5 nitrogen and oxygen atoms in total. The molecule has 0 spiro atoms. The van der Waals surface area contributed by atoms with Crippen molar-refractivity contribution in [2.45, 2.75) is 18.9 Å². The third-order valence-electron chi connectivity index (χ3n) is 4.46. The predicted molar refractivity (Wildman–Crippen MR) is 93.0 cm³/mol. The van der Waals surface area contributed by atoms with Gasteiger partial charge in [-0.25, -0.2) is 9.07 Å². The minimum absolute atomic E-state index is 0.153. The zero-order valence-corrected chi connectivity index (χ0v) is 14.6. The van der Waals surface area contributed by atoms with Crippen LogP contribution in [0.15, 0.2) is 54.7 Å². The molecule has 28 heavy (non-hydrogen) atoms. The van der Waals surface area contributed by atoms with Crippen LogP contribution in [0.2, 0.25) is 0 Å². The van der Waals surface area contributed by atoms with E-state index in [9.17, 15) is 17.6 Å². The molecule has 0 bridgehead atoms. The lowest BCUT2D eigenvalue weighted by Gasteiger charge is -2.23. The summed E-state index contributed by atoms with van der Waals surface area (Å²) in [5.74, 6) is -0.326. The highest BCUT2D eigenvalue weighted by molar-refractivity contribution is 5.48. The summed E-state index contributed by atoms with van der Waals surface area (Å²) in [6.45, 7) is 1.24. The zero-order chi connectivity index (χ0) is 19.7. The third kappa shape index (κ3) is 3.84. The number of benzene rings is 2. The van der Waals surface area contributed by atoms with Gasteiger partial charge in [0.2, 0.25) is 0 Å². The van der Waals surface area contributed by atoms with Crippen LogP contribution in [0.5, 0.6) is 0 Å². The lowest BCUT2D eigenvalue weighted by Crippen LogP contribution is -2.23. The molecule has 1 aliphatic heterocycles. The van der Waals surface area contributed by atoms with Gasteiger partial charge in [-0.05, 0) is 42.0 Å². The van der Waals surface area contributed by atoms with Crippen molar-refractivity contribution in [3.05, 3.63) is 77.4 Å². The van der Waals surface area contributed by atoms with Crippen LogP contribution in [0, 0.1) is 5.82 Å². The smallest absolute Gasteiger partial charge is 0.350 e. The highest BCUT2D eigenvalue weighted by Gasteiger charge is 2.31. The van der Waals surface area contributed by atoms with E-state index in [0.717, 1.165) is 17.8 Å². The molecule has 2 aromatic carbocycles. The SMILES string of the molecule is Fc1ccc(N2CCOC2c2cn(Cc3cccc(C(F)(F)F)c3)nn2)cc1. The lowest BCUT2D eigenvalue weighted by molar-refractivity contribution is -0.137. The first-order chi connectivity index (χ1) is 13.4. The van der Waals surface area contributed by atoms with Crippen molar-refractivity contribution in [3.63, 3.8) is 0 Å². The lowest BCUT2D eigenvalue weighted by atomic mass is 10.1. The van der Waals surface area contributed by atoms with Crippen LogP contribution >= 0.6 is 0 Å². The van der Waals surface area contributed by atoms with Crippen LogP contribution in [0.4, 0.5) is 23.2 Å². The maximum atomic E-state index is 13.2. The van der Waals surface area contributed by atoms with E-state index >= 15 is 0 Å². The number of halogens is 4. The molecule has 0 saturated carbocycles. The Bertz CT molecular complexity index is 955. The van der Waals surface area contributed by atoms with Crippen molar-refractivity contribution in [3.8, 4) is 0 Å². The number of anilines is 1. The largest absolute Gasteiger partial charge is 0.416 e. The first kappa shape index (κ1) is 18.4. The van der Waals surface area contributed by atoms with Crippen LogP contribution in [-0.4, -0.2) is 28.1 Å². The van der Waals surface area contributed by atoms with Gasteiger partial charge < -0.3 is 9.64 Å². The van der Waals surface area contributed by atoms with Gasteiger partial charge in [-0.15, -0.1) is 5.10 Å². The number of aromatic nitrogens is 3. The Morgan fingerprint density at radius 2 is 1.89 bits per heavy atom. The van der Waals surface area contributed by atoms with Crippen molar-refractivity contribution in [2.75, 3.05) is 18.1 Å². The molecule has 1 fully saturated rings. The van der Waals surface area contributed by atoms with Crippen LogP contribution < -0.4 is 4.90 Å². The summed E-state index contributed by atoms with van der Waals surface area (Å²) in [5.41, 5.74) is 1.09. The van der Waals surface area contributed by atoms with Gasteiger partial charge in [-0.2, -0.15) is 13.2 Å². The van der Waals surface area contributed by atoms with E-state index in [0.29, 0.717) is 24.4 Å². The topological polar surface area (TPSA) is 43.2 Å². The van der Waals surface area contributed by atoms with Gasteiger partial charge >= 0.3 is 6.18 Å². The summed E-state index contributed by atoms with van der Waals surface area (Å²) < 4.78 is 59.0. The molecular weight excluding hydrogens is 376 g/mol. The maximum absolute atomic E-state index is 13.2. The van der Waals surface area contributed by atoms with E-state index in [1.54, 1.807) is 24.4 Å². The fourth-order valence-electron chi connectivity index (χ4n) is 3.15. The minimum Gasteiger partial charge on any atom is -0.350 e. The summed E-state index contributed by atoms with van der Waals surface area (Å²) in [4.78, 5) is 1.93. The molecule has 1 atom stereocenters. The standard InChI is InChI=1S/C19H16F4N4O/c20-15-4-6-16(7-5-15)27-8-9-28-18(27)17-12-26(25-24-17)11-13-2-1-3-14(10-13)19(21,22)23/h1-7,10,12,18H,8-9,11H2. The molecular formula is C19H16F4N4O. The summed E-state index contributed by atoms with van der Waals surface area (Å²) in [5, 5.41) is 8.12. The van der Waals surface area contributed by atoms with E-state index in [2.05, 4.69) is 10.3 Å². The normalized spacial score (nSPS) is 17.3. The van der Waals surface area contributed by atoms with Crippen molar-refractivity contribution in [1.29, 1.82) is 0 Å². The maximum Gasteiger partial charge on any atom is 0.416 e. The second kappa shape index (κ2) is 7.23. The van der Waals surface area contributed by atoms with Gasteiger partial charge in [-0.3, -0.25) is 0 Å². The summed E-state index contributed by atoms with van der Waals surface area (Å²) in [7, 11) is 0. The second-order valence-corrected chi connectivity index (χ2v) is 6.43. The summed E-state index contributed by atoms with van der Waals surface area (Å²) >= 11 is 0. The number of ether oxygens (including phenoxy) is 1. The van der Waals surface area contributed by atoms with Crippen LogP contribution in [0.25, 0.3) is 0 Å². The van der Waals surface area contributed by atoms with E-state index in [-0.39, 0.29) is 12.4 Å². The zero-order valence-electron chi connectivity index (χ0n) is 14.6. The van der Waals surface area contributed by atoms with Crippen molar-refractivity contribution in [1.82, 2.24) is 15.0 Å². The van der Waals surface area contributed by atoms with Crippen molar-refractivity contribution < 1.29 is 22.3 Å². The number of alkyl halides is 3.